The first-order valence-corrected chi connectivity index (χ1v) is 7.10. The first kappa shape index (κ1) is 15.3. The van der Waals surface area contributed by atoms with Crippen LogP contribution < -0.4 is 4.74 Å². The lowest BCUT2D eigenvalue weighted by molar-refractivity contribution is 0.103. The lowest BCUT2D eigenvalue weighted by Crippen LogP contribution is -2.09. The number of hydrogen-bond acceptors (Lipinski definition) is 3. The van der Waals surface area contributed by atoms with Gasteiger partial charge in [0.1, 0.15) is 12.4 Å². The Bertz CT molecular complexity index is 588. The largest absolute Gasteiger partial charge is 0.490 e. The number of carbonyl (C=O) groups is 1. The Morgan fingerprint density at radius 1 is 1.00 bits per heavy atom. The standard InChI is InChI=1S/C18H20O3/c1-3-14-8-10-15(11-9-14)18(19)16-6-4-5-7-17(16)21-13-12-20-2/h4-11H,3,12-13H2,1-2H3. The number of benzene rings is 2. The smallest absolute Gasteiger partial charge is 0.196 e. The molecule has 0 aromatic heterocycles. The molecule has 2 aromatic rings. The quantitative estimate of drug-likeness (QED) is 0.576. The van der Waals surface area contributed by atoms with Gasteiger partial charge in [0.15, 0.2) is 5.78 Å². The number of ketones is 1. The highest BCUT2D eigenvalue weighted by Gasteiger charge is 2.14. The number of methoxy groups -OCH3 is 1. The second kappa shape index (κ2) is 7.60. The molecule has 0 radical (unpaired) electrons. The number of rotatable bonds is 7. The van der Waals surface area contributed by atoms with E-state index in [4.69, 9.17) is 9.47 Å². The molecule has 0 aliphatic heterocycles. The van der Waals surface area contributed by atoms with Crippen LogP contribution in [-0.4, -0.2) is 26.1 Å². The monoisotopic (exact) mass is 284 g/mol. The van der Waals surface area contributed by atoms with E-state index in [1.165, 1.54) is 5.56 Å². The van der Waals surface area contributed by atoms with Crippen LogP contribution in [0.3, 0.4) is 0 Å². The van der Waals surface area contributed by atoms with Gasteiger partial charge in [-0.3, -0.25) is 4.79 Å². The molecule has 2 aromatic carbocycles. The average Bonchev–Trinajstić information content (AvgIpc) is 2.55. The van der Waals surface area contributed by atoms with E-state index < -0.39 is 0 Å². The minimum atomic E-state index is -0.0225. The van der Waals surface area contributed by atoms with Gasteiger partial charge in [-0.05, 0) is 24.1 Å². The third-order valence-electron chi connectivity index (χ3n) is 3.30. The third-order valence-corrected chi connectivity index (χ3v) is 3.30. The molecule has 0 atom stereocenters. The fraction of sp³-hybridized carbons (Fsp3) is 0.278. The van der Waals surface area contributed by atoms with Crippen molar-refractivity contribution in [2.45, 2.75) is 13.3 Å². The van der Waals surface area contributed by atoms with Gasteiger partial charge >= 0.3 is 0 Å². The molecule has 0 spiro atoms. The third kappa shape index (κ3) is 3.92. The molecule has 0 saturated heterocycles. The molecule has 0 saturated carbocycles. The van der Waals surface area contributed by atoms with Crippen LogP contribution in [0, 0.1) is 0 Å². The number of ether oxygens (including phenoxy) is 2. The molecular weight excluding hydrogens is 264 g/mol. The Labute approximate surface area is 125 Å². The van der Waals surface area contributed by atoms with Crippen molar-refractivity contribution in [3.05, 3.63) is 65.2 Å². The minimum absolute atomic E-state index is 0.0225. The van der Waals surface area contributed by atoms with E-state index in [1.54, 1.807) is 13.2 Å². The zero-order chi connectivity index (χ0) is 15.1. The molecule has 0 heterocycles. The van der Waals surface area contributed by atoms with Gasteiger partial charge in [0.25, 0.3) is 0 Å². The maximum absolute atomic E-state index is 12.6. The first-order chi connectivity index (χ1) is 10.3. The molecule has 3 heteroatoms. The number of aryl methyl sites for hydroxylation is 1. The molecule has 0 amide bonds. The van der Waals surface area contributed by atoms with Crippen LogP contribution in [0.15, 0.2) is 48.5 Å². The summed E-state index contributed by atoms with van der Waals surface area (Å²) in [7, 11) is 1.62. The highest BCUT2D eigenvalue weighted by molar-refractivity contribution is 6.10. The molecule has 0 N–H and O–H groups in total. The predicted octanol–water partition coefficient (Wildman–Crippen LogP) is 3.51. The summed E-state index contributed by atoms with van der Waals surface area (Å²) in [5.41, 5.74) is 2.48. The number of carbonyl (C=O) groups excluding carboxylic acids is 1. The second-order valence-electron chi connectivity index (χ2n) is 4.72. The highest BCUT2D eigenvalue weighted by Crippen LogP contribution is 2.22. The van der Waals surface area contributed by atoms with Crippen LogP contribution in [-0.2, 0) is 11.2 Å². The predicted molar refractivity (Wildman–Crippen MR) is 83.1 cm³/mol. The summed E-state index contributed by atoms with van der Waals surface area (Å²) in [6, 6.07) is 15.0. The van der Waals surface area contributed by atoms with Crippen LogP contribution in [0.5, 0.6) is 5.75 Å². The molecule has 0 aliphatic carbocycles. The van der Waals surface area contributed by atoms with E-state index in [1.807, 2.05) is 42.5 Å². The normalized spacial score (nSPS) is 10.4. The molecule has 110 valence electrons. The lowest BCUT2D eigenvalue weighted by atomic mass is 10.0. The van der Waals surface area contributed by atoms with E-state index in [9.17, 15) is 4.79 Å². The lowest BCUT2D eigenvalue weighted by Gasteiger charge is -2.10. The van der Waals surface area contributed by atoms with Crippen molar-refractivity contribution in [1.82, 2.24) is 0 Å². The molecule has 0 bridgehead atoms. The maximum atomic E-state index is 12.6. The van der Waals surface area contributed by atoms with Crippen LogP contribution in [0.1, 0.15) is 28.4 Å². The van der Waals surface area contributed by atoms with E-state index in [2.05, 4.69) is 6.92 Å². The van der Waals surface area contributed by atoms with Crippen LogP contribution in [0.4, 0.5) is 0 Å². The summed E-state index contributed by atoms with van der Waals surface area (Å²) in [5.74, 6) is 0.574. The van der Waals surface area contributed by atoms with E-state index in [0.717, 1.165) is 6.42 Å². The molecule has 2 rings (SSSR count). The van der Waals surface area contributed by atoms with Crippen molar-refractivity contribution >= 4 is 5.78 Å². The zero-order valence-electron chi connectivity index (χ0n) is 12.5. The van der Waals surface area contributed by atoms with Crippen molar-refractivity contribution < 1.29 is 14.3 Å². The van der Waals surface area contributed by atoms with E-state index >= 15 is 0 Å². The van der Waals surface area contributed by atoms with Gasteiger partial charge in [0, 0.05) is 12.7 Å². The van der Waals surface area contributed by atoms with Gasteiger partial charge < -0.3 is 9.47 Å². The van der Waals surface area contributed by atoms with Crippen LogP contribution in [0.25, 0.3) is 0 Å². The van der Waals surface area contributed by atoms with Crippen LogP contribution in [0.2, 0.25) is 0 Å². The maximum Gasteiger partial charge on any atom is 0.196 e. The van der Waals surface area contributed by atoms with Gasteiger partial charge in [0.05, 0.1) is 12.2 Å². The fourth-order valence-corrected chi connectivity index (χ4v) is 2.06. The van der Waals surface area contributed by atoms with Crippen molar-refractivity contribution in [2.75, 3.05) is 20.3 Å². The second-order valence-corrected chi connectivity index (χ2v) is 4.72. The molecule has 0 unspecified atom stereocenters. The molecule has 0 aliphatic rings. The summed E-state index contributed by atoms with van der Waals surface area (Å²) in [6.45, 7) is 3.01. The Hall–Kier alpha value is -2.13. The zero-order valence-corrected chi connectivity index (χ0v) is 12.5. The van der Waals surface area contributed by atoms with Crippen molar-refractivity contribution in [3.63, 3.8) is 0 Å². The highest BCUT2D eigenvalue weighted by atomic mass is 16.5. The first-order valence-electron chi connectivity index (χ1n) is 7.10. The van der Waals surface area contributed by atoms with Crippen LogP contribution >= 0.6 is 0 Å². The summed E-state index contributed by atoms with van der Waals surface area (Å²) >= 11 is 0. The summed E-state index contributed by atoms with van der Waals surface area (Å²) in [6.07, 6.45) is 0.963. The topological polar surface area (TPSA) is 35.5 Å². The SMILES string of the molecule is CCc1ccc(C(=O)c2ccccc2OCCOC)cc1. The number of hydrogen-bond donors (Lipinski definition) is 0. The van der Waals surface area contributed by atoms with E-state index in [-0.39, 0.29) is 5.78 Å². The molecule has 3 nitrogen and oxygen atoms in total. The Kier molecular flexibility index (Phi) is 5.52. The number of para-hydroxylation sites is 1. The fourth-order valence-electron chi connectivity index (χ4n) is 2.06. The van der Waals surface area contributed by atoms with Crippen molar-refractivity contribution in [1.29, 1.82) is 0 Å². The minimum Gasteiger partial charge on any atom is -0.490 e. The summed E-state index contributed by atoms with van der Waals surface area (Å²) < 4.78 is 10.6. The molecular formula is C18H20O3. The van der Waals surface area contributed by atoms with Crippen molar-refractivity contribution in [2.24, 2.45) is 0 Å². The van der Waals surface area contributed by atoms with Gasteiger partial charge in [-0.2, -0.15) is 0 Å². The Balaban J connectivity index is 2.21. The van der Waals surface area contributed by atoms with Gasteiger partial charge in [-0.25, -0.2) is 0 Å². The van der Waals surface area contributed by atoms with Gasteiger partial charge in [-0.1, -0.05) is 43.3 Å². The van der Waals surface area contributed by atoms with Gasteiger partial charge in [-0.15, -0.1) is 0 Å². The molecule has 0 fully saturated rings. The van der Waals surface area contributed by atoms with E-state index in [0.29, 0.717) is 30.1 Å². The Morgan fingerprint density at radius 3 is 2.38 bits per heavy atom. The van der Waals surface area contributed by atoms with Gasteiger partial charge in [0.2, 0.25) is 0 Å². The van der Waals surface area contributed by atoms with Crippen molar-refractivity contribution in [3.8, 4) is 5.75 Å². The molecule has 21 heavy (non-hydrogen) atoms. The summed E-state index contributed by atoms with van der Waals surface area (Å²) in [5, 5.41) is 0. The Morgan fingerprint density at radius 2 is 1.71 bits per heavy atom. The average molecular weight is 284 g/mol. The summed E-state index contributed by atoms with van der Waals surface area (Å²) in [4.78, 5) is 12.6.